The molecule has 1 N–H and O–H groups in total. The van der Waals surface area contributed by atoms with E-state index in [0.29, 0.717) is 36.4 Å². The summed E-state index contributed by atoms with van der Waals surface area (Å²) in [6.45, 7) is 18.7. The van der Waals surface area contributed by atoms with E-state index in [4.69, 9.17) is 4.74 Å². The van der Waals surface area contributed by atoms with Crippen LogP contribution < -0.4 is 0 Å². The van der Waals surface area contributed by atoms with E-state index in [1.165, 1.54) is 0 Å². The molecule has 6 aliphatic rings. The molecule has 5 aliphatic carbocycles. The summed E-state index contributed by atoms with van der Waals surface area (Å²) in [7, 11) is 0. The average molecular weight is 485 g/mol. The normalized spacial score (nSPS) is 57.9. The molecule has 0 aromatic rings. The third kappa shape index (κ3) is 2.38. The number of ketones is 1. The SMILES string of the molecule is C[C@@H]1[C@@H]2[C@]3(CCC1(C)C)CC[C@]1(C)[C@]2(OC3=O)[C@@H](O)C[C@@H]2[C@@]3(C)CCC(=O)C(C)(C)[C@@H]3CC[C@]21C. The van der Waals surface area contributed by atoms with E-state index in [0.717, 1.165) is 44.9 Å². The van der Waals surface area contributed by atoms with Crippen molar-refractivity contribution in [1.82, 2.24) is 0 Å². The predicted octanol–water partition coefficient (Wildman–Crippen LogP) is 6.33. The summed E-state index contributed by atoms with van der Waals surface area (Å²) in [5.41, 5.74) is -1.69. The van der Waals surface area contributed by atoms with E-state index in [1.54, 1.807) is 0 Å². The molecule has 0 aromatic heterocycles. The van der Waals surface area contributed by atoms with Crippen LogP contribution in [-0.2, 0) is 14.3 Å². The summed E-state index contributed by atoms with van der Waals surface area (Å²) in [4.78, 5) is 26.8. The van der Waals surface area contributed by atoms with Crippen molar-refractivity contribution in [3.05, 3.63) is 0 Å². The molecule has 1 spiro atoms. The Morgan fingerprint density at radius 1 is 0.857 bits per heavy atom. The standard InChI is InChI=1S/C31H48O4/c1-18-23-30(15-13-25(18,2)3)16-14-29(8)28(7)12-9-19-26(4,5)21(32)10-11-27(19,6)20(28)17-22(33)31(23,29)35-24(30)34/h18-20,22-23,33H,9-17H2,1-8H3/t18-,19+,20-,22+,23-,27+,28-,29+,30+,31+/m1/s1. The third-order valence-electron chi connectivity index (χ3n) is 14.6. The first kappa shape index (κ1) is 24.4. The molecule has 0 aromatic carbocycles. The van der Waals surface area contributed by atoms with Crippen LogP contribution >= 0.6 is 0 Å². The summed E-state index contributed by atoms with van der Waals surface area (Å²) >= 11 is 0. The highest BCUT2D eigenvalue weighted by molar-refractivity contribution is 5.85. The van der Waals surface area contributed by atoms with E-state index in [2.05, 4.69) is 55.4 Å². The topological polar surface area (TPSA) is 63.6 Å². The molecule has 4 heteroatoms. The second kappa shape index (κ2) is 6.56. The Kier molecular flexibility index (Phi) is 4.58. The fraction of sp³-hybridized carbons (Fsp3) is 0.935. The molecule has 1 heterocycles. The summed E-state index contributed by atoms with van der Waals surface area (Å²) in [5, 5.41) is 12.3. The second-order valence-corrected chi connectivity index (χ2v) is 15.9. The van der Waals surface area contributed by atoms with Gasteiger partial charge in [0.05, 0.1) is 11.5 Å². The van der Waals surface area contributed by atoms with E-state index < -0.39 is 17.1 Å². The zero-order valence-electron chi connectivity index (χ0n) is 23.4. The van der Waals surface area contributed by atoms with Crippen molar-refractivity contribution in [2.45, 2.75) is 125 Å². The molecule has 10 atom stereocenters. The van der Waals surface area contributed by atoms with Gasteiger partial charge in [-0.2, -0.15) is 0 Å². The number of aliphatic hydroxyl groups excluding tert-OH is 1. The predicted molar refractivity (Wildman–Crippen MR) is 135 cm³/mol. The number of hydrogen-bond acceptors (Lipinski definition) is 4. The summed E-state index contributed by atoms with van der Waals surface area (Å²) < 4.78 is 6.69. The number of aliphatic hydroxyl groups is 1. The first-order valence-electron chi connectivity index (χ1n) is 14.5. The van der Waals surface area contributed by atoms with E-state index in [-0.39, 0.29) is 39.0 Å². The van der Waals surface area contributed by atoms with Crippen LogP contribution in [0.25, 0.3) is 0 Å². The van der Waals surface area contributed by atoms with Gasteiger partial charge in [-0.25, -0.2) is 0 Å². The fourth-order valence-corrected chi connectivity index (χ4v) is 12.0. The van der Waals surface area contributed by atoms with Gasteiger partial charge in [0.15, 0.2) is 0 Å². The van der Waals surface area contributed by atoms with Gasteiger partial charge >= 0.3 is 5.97 Å². The van der Waals surface area contributed by atoms with Crippen molar-refractivity contribution in [2.75, 3.05) is 0 Å². The Morgan fingerprint density at radius 2 is 1.51 bits per heavy atom. The lowest BCUT2D eigenvalue weighted by atomic mass is 9.29. The first-order chi connectivity index (χ1) is 16.0. The molecule has 5 saturated carbocycles. The molecule has 35 heavy (non-hydrogen) atoms. The monoisotopic (exact) mass is 484 g/mol. The Morgan fingerprint density at radius 3 is 2.20 bits per heavy atom. The van der Waals surface area contributed by atoms with Crippen LogP contribution in [0.5, 0.6) is 0 Å². The number of esters is 1. The van der Waals surface area contributed by atoms with Crippen molar-refractivity contribution in [3.63, 3.8) is 0 Å². The smallest absolute Gasteiger partial charge is 0.313 e. The van der Waals surface area contributed by atoms with Gasteiger partial charge in [0.25, 0.3) is 0 Å². The van der Waals surface area contributed by atoms with Crippen LogP contribution in [0.3, 0.4) is 0 Å². The highest BCUT2D eigenvalue weighted by Crippen LogP contribution is 2.81. The largest absolute Gasteiger partial charge is 0.455 e. The van der Waals surface area contributed by atoms with Gasteiger partial charge in [0, 0.05) is 23.2 Å². The quantitative estimate of drug-likeness (QED) is 0.408. The lowest BCUT2D eigenvalue weighted by molar-refractivity contribution is -0.318. The van der Waals surface area contributed by atoms with Crippen molar-refractivity contribution in [2.24, 2.45) is 56.2 Å². The van der Waals surface area contributed by atoms with Crippen molar-refractivity contribution >= 4 is 11.8 Å². The fourth-order valence-electron chi connectivity index (χ4n) is 12.0. The zero-order chi connectivity index (χ0) is 25.6. The maximum atomic E-state index is 13.8. The van der Waals surface area contributed by atoms with Gasteiger partial charge < -0.3 is 9.84 Å². The summed E-state index contributed by atoms with van der Waals surface area (Å²) in [6.07, 6.45) is 7.52. The average Bonchev–Trinajstić information content (AvgIpc) is 2.98. The summed E-state index contributed by atoms with van der Waals surface area (Å²) in [5.74, 6) is 1.46. The number of hydrogen-bond donors (Lipinski definition) is 1. The minimum Gasteiger partial charge on any atom is -0.455 e. The van der Waals surface area contributed by atoms with E-state index >= 15 is 0 Å². The van der Waals surface area contributed by atoms with Gasteiger partial charge in [0.1, 0.15) is 11.4 Å². The molecule has 0 unspecified atom stereocenters. The minimum absolute atomic E-state index is 0.0148. The molecule has 4 nitrogen and oxygen atoms in total. The lowest BCUT2D eigenvalue weighted by Crippen LogP contribution is -2.77. The van der Waals surface area contributed by atoms with Crippen LogP contribution in [-0.4, -0.2) is 28.6 Å². The van der Waals surface area contributed by atoms with Crippen LogP contribution in [0, 0.1) is 56.2 Å². The number of fused-ring (bicyclic) bond motifs is 4. The Hall–Kier alpha value is -0.900. The number of ether oxygens (including phenoxy) is 1. The second-order valence-electron chi connectivity index (χ2n) is 15.9. The van der Waals surface area contributed by atoms with Gasteiger partial charge in [0.2, 0.25) is 0 Å². The molecule has 0 amide bonds. The van der Waals surface area contributed by atoms with Gasteiger partial charge in [-0.1, -0.05) is 55.4 Å². The van der Waals surface area contributed by atoms with Gasteiger partial charge in [-0.15, -0.1) is 0 Å². The van der Waals surface area contributed by atoms with Crippen LogP contribution in [0.15, 0.2) is 0 Å². The highest BCUT2D eigenvalue weighted by atomic mass is 16.6. The first-order valence-corrected chi connectivity index (χ1v) is 14.5. The maximum Gasteiger partial charge on any atom is 0.313 e. The molecule has 6 fully saturated rings. The molecular weight excluding hydrogens is 436 g/mol. The third-order valence-corrected chi connectivity index (χ3v) is 14.6. The van der Waals surface area contributed by atoms with E-state index in [1.807, 2.05) is 0 Å². The number of Topliss-reactive ketones (excluding diaryl/α,β-unsaturated/α-hetero) is 1. The number of carbonyl (C=O) groups is 2. The van der Waals surface area contributed by atoms with Gasteiger partial charge in [-0.3, -0.25) is 9.59 Å². The number of rotatable bonds is 0. The molecule has 196 valence electrons. The van der Waals surface area contributed by atoms with E-state index in [9.17, 15) is 14.7 Å². The Labute approximate surface area is 212 Å². The highest BCUT2D eigenvalue weighted by Gasteiger charge is 2.84. The van der Waals surface area contributed by atoms with Crippen molar-refractivity contribution in [1.29, 1.82) is 0 Å². The number of carbonyl (C=O) groups excluding carboxylic acids is 2. The molecule has 1 saturated heterocycles. The molecule has 0 radical (unpaired) electrons. The van der Waals surface area contributed by atoms with Crippen molar-refractivity contribution < 1.29 is 19.4 Å². The Bertz CT molecular complexity index is 998. The minimum atomic E-state index is -0.798. The summed E-state index contributed by atoms with van der Waals surface area (Å²) in [6, 6.07) is 0. The molecule has 6 rings (SSSR count). The van der Waals surface area contributed by atoms with Crippen LogP contribution in [0.2, 0.25) is 0 Å². The van der Waals surface area contributed by atoms with Crippen LogP contribution in [0.1, 0.15) is 113 Å². The maximum absolute atomic E-state index is 13.8. The van der Waals surface area contributed by atoms with Gasteiger partial charge in [-0.05, 0) is 85.4 Å². The van der Waals surface area contributed by atoms with Crippen LogP contribution in [0.4, 0.5) is 0 Å². The zero-order valence-corrected chi connectivity index (χ0v) is 23.4. The molecule has 2 bridgehead atoms. The lowest BCUT2D eigenvalue weighted by Gasteiger charge is -2.74. The molecular formula is C31H48O4. The van der Waals surface area contributed by atoms with Crippen molar-refractivity contribution in [3.8, 4) is 0 Å². The Balaban J connectivity index is 1.51. The molecule has 1 aliphatic heterocycles.